The van der Waals surface area contributed by atoms with Gasteiger partial charge >= 0.3 is 5.91 Å². The molecule has 0 saturated carbocycles. The van der Waals surface area contributed by atoms with E-state index in [1.165, 1.54) is 16.2 Å². The van der Waals surface area contributed by atoms with E-state index in [2.05, 4.69) is 11.9 Å². The van der Waals surface area contributed by atoms with Gasteiger partial charge < -0.3 is 14.6 Å². The van der Waals surface area contributed by atoms with Crippen molar-refractivity contribution in [1.29, 1.82) is 0 Å². The quantitative estimate of drug-likeness (QED) is 0.214. The summed E-state index contributed by atoms with van der Waals surface area (Å²) in [5, 5.41) is 11.7. The molecular formula is C28H24N2O5S. The van der Waals surface area contributed by atoms with Gasteiger partial charge in [0.15, 0.2) is 5.13 Å². The van der Waals surface area contributed by atoms with Gasteiger partial charge in [0.2, 0.25) is 0 Å². The number of thiazole rings is 1. The lowest BCUT2D eigenvalue weighted by Crippen LogP contribution is -2.29. The number of rotatable bonds is 6. The van der Waals surface area contributed by atoms with Crippen molar-refractivity contribution in [2.24, 2.45) is 0 Å². The number of ketones is 1. The Balaban J connectivity index is 1.71. The SMILES string of the molecule is CCc1ccc2nc(N3C(=O)C(=O)C(=C(O)c4ccc(OC)cc4)[C@H]3c3cccc(OC)c3)sc2c1. The standard InChI is InChI=1S/C28H24N2O5S/c1-4-16-8-13-21-22(14-16)36-28(29-21)30-24(18-6-5-7-20(15-18)35-3)23(26(32)27(30)33)25(31)17-9-11-19(34-2)12-10-17/h5-15,24,31H,4H2,1-3H3/t24-/m1/s1. The minimum Gasteiger partial charge on any atom is -0.507 e. The molecule has 7 nitrogen and oxygen atoms in total. The van der Waals surface area contributed by atoms with Gasteiger partial charge in [0.1, 0.15) is 17.3 Å². The van der Waals surface area contributed by atoms with Gasteiger partial charge in [0, 0.05) is 5.56 Å². The summed E-state index contributed by atoms with van der Waals surface area (Å²) in [6, 6.07) is 18.9. The van der Waals surface area contributed by atoms with Crippen LogP contribution in [-0.4, -0.2) is 36.0 Å². The highest BCUT2D eigenvalue weighted by atomic mass is 32.1. The van der Waals surface area contributed by atoms with Crippen LogP contribution < -0.4 is 14.4 Å². The van der Waals surface area contributed by atoms with Gasteiger partial charge in [-0.25, -0.2) is 4.98 Å². The number of anilines is 1. The zero-order chi connectivity index (χ0) is 25.4. The lowest BCUT2D eigenvalue weighted by atomic mass is 9.95. The van der Waals surface area contributed by atoms with Crippen molar-refractivity contribution < 1.29 is 24.2 Å². The number of aliphatic hydroxyl groups excluding tert-OH is 1. The smallest absolute Gasteiger partial charge is 0.301 e. The predicted molar refractivity (Wildman–Crippen MR) is 140 cm³/mol. The largest absolute Gasteiger partial charge is 0.507 e. The second-order valence-corrected chi connectivity index (χ2v) is 9.34. The van der Waals surface area contributed by atoms with Crippen LogP contribution >= 0.6 is 11.3 Å². The van der Waals surface area contributed by atoms with Gasteiger partial charge in [-0.3, -0.25) is 14.5 Å². The highest BCUT2D eigenvalue weighted by Gasteiger charge is 2.48. The summed E-state index contributed by atoms with van der Waals surface area (Å²) in [7, 11) is 3.09. The zero-order valence-corrected chi connectivity index (χ0v) is 20.8. The number of carbonyl (C=O) groups excluding carboxylic acids is 2. The number of hydrogen-bond donors (Lipinski definition) is 1. The molecule has 1 aromatic heterocycles. The van der Waals surface area contributed by atoms with Gasteiger partial charge in [-0.15, -0.1) is 0 Å². The van der Waals surface area contributed by atoms with Crippen LogP contribution in [0, 0.1) is 0 Å². The first-order valence-electron chi connectivity index (χ1n) is 11.4. The first-order valence-corrected chi connectivity index (χ1v) is 12.3. The minimum atomic E-state index is -0.881. The molecule has 3 aromatic carbocycles. The fourth-order valence-electron chi connectivity index (χ4n) is 4.34. The van der Waals surface area contributed by atoms with E-state index in [1.807, 2.05) is 18.2 Å². The Labute approximate surface area is 212 Å². The van der Waals surface area contributed by atoms with Crippen molar-refractivity contribution >= 4 is 44.1 Å². The van der Waals surface area contributed by atoms with E-state index < -0.39 is 17.7 Å². The number of methoxy groups -OCH3 is 2. The molecule has 4 aromatic rings. The average molecular weight is 501 g/mol. The molecular weight excluding hydrogens is 476 g/mol. The number of amides is 1. The van der Waals surface area contributed by atoms with Crippen LogP contribution in [0.1, 0.15) is 29.7 Å². The maximum atomic E-state index is 13.4. The first-order chi connectivity index (χ1) is 17.4. The molecule has 0 spiro atoms. The Morgan fingerprint density at radius 1 is 1.00 bits per heavy atom. The minimum absolute atomic E-state index is 0.00748. The number of aryl methyl sites for hydroxylation is 1. The molecule has 1 aliphatic rings. The Hall–Kier alpha value is -4.17. The summed E-state index contributed by atoms with van der Waals surface area (Å²) < 4.78 is 11.5. The molecule has 0 radical (unpaired) electrons. The molecule has 1 fully saturated rings. The molecule has 1 amide bonds. The Bertz CT molecular complexity index is 1510. The highest BCUT2D eigenvalue weighted by molar-refractivity contribution is 7.22. The molecule has 36 heavy (non-hydrogen) atoms. The molecule has 1 saturated heterocycles. The van der Waals surface area contributed by atoms with Gasteiger partial charge in [0.05, 0.1) is 36.1 Å². The van der Waals surface area contributed by atoms with Gasteiger partial charge in [0.25, 0.3) is 5.78 Å². The van der Waals surface area contributed by atoms with Crippen molar-refractivity contribution in [3.8, 4) is 11.5 Å². The monoisotopic (exact) mass is 500 g/mol. The summed E-state index contributed by atoms with van der Waals surface area (Å²) in [4.78, 5) is 32.9. The normalized spacial score (nSPS) is 17.1. The van der Waals surface area contributed by atoms with E-state index in [0.717, 1.165) is 22.2 Å². The highest BCUT2D eigenvalue weighted by Crippen LogP contribution is 2.45. The number of benzene rings is 3. The third kappa shape index (κ3) is 3.99. The number of Topliss-reactive ketones (excluding diaryl/α,β-unsaturated/α-hetero) is 1. The van der Waals surface area contributed by atoms with Gasteiger partial charge in [-0.05, 0) is 66.1 Å². The van der Waals surface area contributed by atoms with Crippen molar-refractivity contribution in [3.05, 3.63) is 89.0 Å². The third-order valence-electron chi connectivity index (χ3n) is 6.27. The van der Waals surface area contributed by atoms with E-state index in [9.17, 15) is 14.7 Å². The molecule has 182 valence electrons. The fourth-order valence-corrected chi connectivity index (χ4v) is 5.40. The number of aromatic nitrogens is 1. The first kappa shape index (κ1) is 23.6. The van der Waals surface area contributed by atoms with Crippen molar-refractivity contribution in [2.75, 3.05) is 19.1 Å². The molecule has 1 aliphatic heterocycles. The summed E-state index contributed by atoms with van der Waals surface area (Å²) in [6.07, 6.45) is 0.874. The summed E-state index contributed by atoms with van der Waals surface area (Å²) in [6.45, 7) is 2.07. The van der Waals surface area contributed by atoms with Crippen molar-refractivity contribution in [3.63, 3.8) is 0 Å². The van der Waals surface area contributed by atoms with Gasteiger partial charge in [-0.1, -0.05) is 36.5 Å². The van der Waals surface area contributed by atoms with E-state index in [1.54, 1.807) is 62.8 Å². The van der Waals surface area contributed by atoms with E-state index in [4.69, 9.17) is 9.47 Å². The number of carbonyl (C=O) groups is 2. The zero-order valence-electron chi connectivity index (χ0n) is 20.0. The average Bonchev–Trinajstić information content (AvgIpc) is 3.45. The lowest BCUT2D eigenvalue weighted by molar-refractivity contribution is -0.132. The number of nitrogens with zero attached hydrogens (tertiary/aromatic N) is 2. The Kier molecular flexibility index (Phi) is 6.20. The second kappa shape index (κ2) is 9.47. The number of fused-ring (bicyclic) bond motifs is 1. The van der Waals surface area contributed by atoms with Crippen LogP contribution in [-0.2, 0) is 16.0 Å². The molecule has 5 rings (SSSR count). The van der Waals surface area contributed by atoms with Crippen molar-refractivity contribution in [2.45, 2.75) is 19.4 Å². The van der Waals surface area contributed by atoms with E-state index >= 15 is 0 Å². The summed E-state index contributed by atoms with van der Waals surface area (Å²) in [5.41, 5.74) is 2.92. The summed E-state index contributed by atoms with van der Waals surface area (Å²) in [5.74, 6) is -0.602. The van der Waals surface area contributed by atoms with Gasteiger partial charge in [-0.2, -0.15) is 0 Å². The molecule has 8 heteroatoms. The number of hydrogen-bond acceptors (Lipinski definition) is 7. The summed E-state index contributed by atoms with van der Waals surface area (Å²) >= 11 is 1.34. The third-order valence-corrected chi connectivity index (χ3v) is 7.29. The lowest BCUT2D eigenvalue weighted by Gasteiger charge is -2.23. The van der Waals surface area contributed by atoms with Crippen LogP contribution in [0.25, 0.3) is 16.0 Å². The van der Waals surface area contributed by atoms with Crippen LogP contribution in [0.5, 0.6) is 11.5 Å². The van der Waals surface area contributed by atoms with E-state index in [-0.39, 0.29) is 11.3 Å². The molecule has 1 atom stereocenters. The maximum absolute atomic E-state index is 13.4. The molecule has 0 unspecified atom stereocenters. The Morgan fingerprint density at radius 2 is 1.75 bits per heavy atom. The molecule has 0 aliphatic carbocycles. The fraction of sp³-hybridized carbons (Fsp3) is 0.179. The number of ether oxygens (including phenoxy) is 2. The molecule has 0 bridgehead atoms. The van der Waals surface area contributed by atoms with Crippen molar-refractivity contribution in [1.82, 2.24) is 4.98 Å². The van der Waals surface area contributed by atoms with Crippen LogP contribution in [0.2, 0.25) is 0 Å². The molecule has 1 N–H and O–H groups in total. The predicted octanol–water partition coefficient (Wildman–Crippen LogP) is 5.50. The van der Waals surface area contributed by atoms with Crippen LogP contribution in [0.3, 0.4) is 0 Å². The van der Waals surface area contributed by atoms with E-state index in [0.29, 0.717) is 27.8 Å². The maximum Gasteiger partial charge on any atom is 0.301 e. The van der Waals surface area contributed by atoms with Crippen LogP contribution in [0.4, 0.5) is 5.13 Å². The number of aliphatic hydroxyl groups is 1. The van der Waals surface area contributed by atoms with Crippen LogP contribution in [0.15, 0.2) is 72.3 Å². The molecule has 2 heterocycles. The Morgan fingerprint density at radius 3 is 2.44 bits per heavy atom. The topological polar surface area (TPSA) is 89.0 Å². The second-order valence-electron chi connectivity index (χ2n) is 8.33.